The first-order valence-electron chi connectivity index (χ1n) is 8.30. The van der Waals surface area contributed by atoms with Crippen molar-refractivity contribution in [3.05, 3.63) is 53.1 Å². The fraction of sp³-hybridized carbons (Fsp3) is 0.316. The van der Waals surface area contributed by atoms with E-state index >= 15 is 0 Å². The van der Waals surface area contributed by atoms with E-state index in [0.29, 0.717) is 35.4 Å². The van der Waals surface area contributed by atoms with Gasteiger partial charge >= 0.3 is 0 Å². The molecule has 0 fully saturated rings. The van der Waals surface area contributed by atoms with E-state index in [-0.39, 0.29) is 11.9 Å². The molecule has 0 bridgehead atoms. The normalized spacial score (nSPS) is 20.2. The van der Waals surface area contributed by atoms with Crippen LogP contribution in [0.3, 0.4) is 0 Å². The van der Waals surface area contributed by atoms with E-state index in [1.807, 2.05) is 31.2 Å². The summed E-state index contributed by atoms with van der Waals surface area (Å²) in [6, 6.07) is 9.11. The summed E-state index contributed by atoms with van der Waals surface area (Å²) in [5.41, 5.74) is 7.39. The first-order chi connectivity index (χ1) is 12.3. The maximum Gasteiger partial charge on any atom is 0.231 e. The third kappa shape index (κ3) is 3.85. The summed E-state index contributed by atoms with van der Waals surface area (Å²) in [6.45, 7) is 1.93. The number of carbonyl (C=O) groups excluding carboxylic acids is 1. The Morgan fingerprint density at radius 3 is 2.88 bits per heavy atom. The van der Waals surface area contributed by atoms with Crippen LogP contribution in [-0.2, 0) is 11.2 Å². The number of carbonyl (C=O) groups is 1. The Kier molecular flexibility index (Phi) is 4.96. The standard InChI is InChI=1S/C19H20ClFN4O/c1-19(10-16(26)25(2)18(22)24-19)7-6-12-4-3-5-13(8-12)15-9-14(20)11-23-17(15)21/h3-5,8-9,11H,6-7,10H2,1-2H3,(H2,22,24). The minimum atomic E-state index is -0.559. The number of aryl methyl sites for hydroxylation is 1. The molecule has 5 nitrogen and oxygen atoms in total. The molecule has 2 aromatic rings. The highest BCUT2D eigenvalue weighted by molar-refractivity contribution is 6.30. The molecule has 1 atom stereocenters. The molecule has 0 spiro atoms. The number of hydrogen-bond acceptors (Lipinski definition) is 4. The number of aromatic nitrogens is 1. The van der Waals surface area contributed by atoms with E-state index < -0.39 is 11.5 Å². The molecule has 0 saturated carbocycles. The number of guanidine groups is 1. The number of aliphatic imine (C=N–C) groups is 1. The maximum absolute atomic E-state index is 14.0. The first-order valence-corrected chi connectivity index (χ1v) is 8.67. The van der Waals surface area contributed by atoms with Crippen LogP contribution in [0.5, 0.6) is 0 Å². The second kappa shape index (κ2) is 7.03. The zero-order valence-corrected chi connectivity index (χ0v) is 15.4. The Bertz CT molecular complexity index is 886. The van der Waals surface area contributed by atoms with E-state index in [9.17, 15) is 9.18 Å². The van der Waals surface area contributed by atoms with Crippen LogP contribution in [0, 0.1) is 5.95 Å². The number of benzene rings is 1. The van der Waals surface area contributed by atoms with Crippen molar-refractivity contribution in [1.29, 1.82) is 0 Å². The molecule has 1 aromatic heterocycles. The molecule has 26 heavy (non-hydrogen) atoms. The molecular formula is C19H20ClFN4O. The minimum absolute atomic E-state index is 0.0409. The lowest BCUT2D eigenvalue weighted by Crippen LogP contribution is -2.48. The SMILES string of the molecule is CN1C(=O)CC(C)(CCc2cccc(-c3cc(Cl)cnc3F)c2)N=C1N. The molecule has 2 N–H and O–H groups in total. The lowest BCUT2D eigenvalue weighted by Gasteiger charge is -2.33. The van der Waals surface area contributed by atoms with Gasteiger partial charge in [-0.05, 0) is 37.0 Å². The predicted octanol–water partition coefficient (Wildman–Crippen LogP) is 3.41. The minimum Gasteiger partial charge on any atom is -0.369 e. The van der Waals surface area contributed by atoms with Crippen LogP contribution in [-0.4, -0.2) is 34.3 Å². The smallest absolute Gasteiger partial charge is 0.231 e. The van der Waals surface area contributed by atoms with Gasteiger partial charge in [-0.1, -0.05) is 35.9 Å². The molecule has 0 radical (unpaired) electrons. The van der Waals surface area contributed by atoms with Crippen molar-refractivity contribution >= 4 is 23.5 Å². The summed E-state index contributed by atoms with van der Waals surface area (Å²) in [7, 11) is 1.62. The molecule has 1 aliphatic rings. The van der Waals surface area contributed by atoms with Crippen LogP contribution in [0.4, 0.5) is 4.39 Å². The predicted molar refractivity (Wildman–Crippen MR) is 100 cm³/mol. The summed E-state index contributed by atoms with van der Waals surface area (Å²) >= 11 is 5.93. The summed E-state index contributed by atoms with van der Waals surface area (Å²) in [5.74, 6) is -0.359. The van der Waals surface area contributed by atoms with Gasteiger partial charge < -0.3 is 5.73 Å². The Hall–Kier alpha value is -2.47. The van der Waals surface area contributed by atoms with Gasteiger partial charge in [0, 0.05) is 18.8 Å². The lowest BCUT2D eigenvalue weighted by atomic mass is 9.88. The van der Waals surface area contributed by atoms with Crippen molar-refractivity contribution in [2.24, 2.45) is 10.7 Å². The van der Waals surface area contributed by atoms with Gasteiger partial charge in [-0.3, -0.25) is 9.69 Å². The van der Waals surface area contributed by atoms with Gasteiger partial charge in [0.2, 0.25) is 11.9 Å². The van der Waals surface area contributed by atoms with Crippen molar-refractivity contribution in [2.45, 2.75) is 31.7 Å². The van der Waals surface area contributed by atoms with Crippen LogP contribution < -0.4 is 5.73 Å². The van der Waals surface area contributed by atoms with E-state index in [1.54, 1.807) is 13.1 Å². The zero-order valence-electron chi connectivity index (χ0n) is 14.7. The van der Waals surface area contributed by atoms with Crippen LogP contribution in [0.1, 0.15) is 25.3 Å². The van der Waals surface area contributed by atoms with Gasteiger partial charge in [0.05, 0.1) is 17.0 Å². The number of rotatable bonds is 4. The summed E-state index contributed by atoms with van der Waals surface area (Å²) in [6.07, 6.45) is 2.95. The number of hydrogen-bond donors (Lipinski definition) is 1. The lowest BCUT2D eigenvalue weighted by molar-refractivity contribution is -0.128. The molecule has 136 valence electrons. The van der Waals surface area contributed by atoms with Crippen LogP contribution in [0.25, 0.3) is 11.1 Å². The van der Waals surface area contributed by atoms with E-state index in [4.69, 9.17) is 17.3 Å². The van der Waals surface area contributed by atoms with Crippen LogP contribution in [0.2, 0.25) is 5.02 Å². The zero-order chi connectivity index (χ0) is 18.9. The molecule has 2 heterocycles. The molecule has 3 rings (SSSR count). The van der Waals surface area contributed by atoms with Crippen molar-refractivity contribution < 1.29 is 9.18 Å². The maximum atomic E-state index is 14.0. The monoisotopic (exact) mass is 374 g/mol. The fourth-order valence-corrected chi connectivity index (χ4v) is 3.20. The van der Waals surface area contributed by atoms with Gasteiger partial charge in [-0.2, -0.15) is 4.39 Å². The highest BCUT2D eigenvalue weighted by Crippen LogP contribution is 2.29. The Morgan fingerprint density at radius 2 is 2.15 bits per heavy atom. The van der Waals surface area contributed by atoms with E-state index in [2.05, 4.69) is 9.98 Å². The Labute approximate surface area is 156 Å². The Morgan fingerprint density at radius 1 is 1.38 bits per heavy atom. The molecule has 1 unspecified atom stereocenters. The second-order valence-corrected chi connectivity index (χ2v) is 7.23. The highest BCUT2D eigenvalue weighted by atomic mass is 35.5. The molecule has 0 aliphatic carbocycles. The van der Waals surface area contributed by atoms with Crippen molar-refractivity contribution in [3.8, 4) is 11.1 Å². The molecule has 1 aromatic carbocycles. The van der Waals surface area contributed by atoms with E-state index in [0.717, 1.165) is 5.56 Å². The van der Waals surface area contributed by atoms with Gasteiger partial charge in [-0.15, -0.1) is 0 Å². The topological polar surface area (TPSA) is 71.6 Å². The van der Waals surface area contributed by atoms with Gasteiger partial charge in [-0.25, -0.2) is 9.98 Å². The summed E-state index contributed by atoms with van der Waals surface area (Å²) < 4.78 is 14.0. The van der Waals surface area contributed by atoms with Gasteiger partial charge in [0.25, 0.3) is 0 Å². The summed E-state index contributed by atoms with van der Waals surface area (Å²) in [4.78, 5) is 21.6. The second-order valence-electron chi connectivity index (χ2n) is 6.79. The van der Waals surface area contributed by atoms with Crippen LogP contribution >= 0.6 is 11.6 Å². The van der Waals surface area contributed by atoms with Crippen molar-refractivity contribution in [1.82, 2.24) is 9.88 Å². The third-order valence-electron chi connectivity index (χ3n) is 4.63. The van der Waals surface area contributed by atoms with Gasteiger partial charge in [0.15, 0.2) is 5.96 Å². The highest BCUT2D eigenvalue weighted by Gasteiger charge is 2.34. The summed E-state index contributed by atoms with van der Waals surface area (Å²) in [5, 5.41) is 0.383. The molecule has 7 heteroatoms. The largest absolute Gasteiger partial charge is 0.369 e. The van der Waals surface area contributed by atoms with Gasteiger partial charge in [0.1, 0.15) is 0 Å². The van der Waals surface area contributed by atoms with Crippen molar-refractivity contribution in [2.75, 3.05) is 7.05 Å². The molecule has 1 aliphatic heterocycles. The van der Waals surface area contributed by atoms with Crippen molar-refractivity contribution in [3.63, 3.8) is 0 Å². The number of pyridine rings is 1. The Balaban J connectivity index is 1.80. The number of nitrogens with two attached hydrogens (primary N) is 1. The fourth-order valence-electron chi connectivity index (χ4n) is 3.04. The quantitative estimate of drug-likeness (QED) is 0.833. The number of halogens is 2. The molecule has 1 amide bonds. The van der Waals surface area contributed by atoms with Crippen LogP contribution in [0.15, 0.2) is 41.5 Å². The molecular weight excluding hydrogens is 355 g/mol. The average molecular weight is 375 g/mol. The van der Waals surface area contributed by atoms with E-state index in [1.165, 1.54) is 11.1 Å². The molecule has 0 saturated heterocycles. The number of amides is 1. The number of nitrogens with zero attached hydrogens (tertiary/aromatic N) is 3. The third-order valence-corrected chi connectivity index (χ3v) is 4.84. The average Bonchev–Trinajstić information content (AvgIpc) is 2.60. The first kappa shape index (κ1) is 18.3.